The standard InChI is InChI=1S/C18H18N2O3/c1-13-7-5-6-10-15(13)16-17(21)19-11-12-20(16)18(22)23-14-8-3-2-4-9-14/h2-10,16H,11-12H2,1H3,(H,19,21). The number of nitrogens with one attached hydrogen (secondary N) is 1. The normalized spacial score (nSPS) is 17.5. The second-order valence-electron chi connectivity index (χ2n) is 5.42. The SMILES string of the molecule is Cc1ccccc1C1C(=O)NCCN1C(=O)Oc1ccccc1. The first kappa shape index (κ1) is 15.1. The van der Waals surface area contributed by atoms with Crippen molar-refractivity contribution in [3.05, 3.63) is 65.7 Å². The molecule has 5 heteroatoms. The Hall–Kier alpha value is -2.82. The number of benzene rings is 2. The number of carbonyl (C=O) groups excluding carboxylic acids is 2. The van der Waals surface area contributed by atoms with Crippen LogP contribution in [0.25, 0.3) is 0 Å². The minimum Gasteiger partial charge on any atom is -0.410 e. The fraction of sp³-hybridized carbons (Fsp3) is 0.222. The van der Waals surface area contributed by atoms with Crippen molar-refractivity contribution in [2.24, 2.45) is 0 Å². The molecule has 0 bridgehead atoms. The van der Waals surface area contributed by atoms with Gasteiger partial charge in [-0.2, -0.15) is 0 Å². The van der Waals surface area contributed by atoms with E-state index in [-0.39, 0.29) is 5.91 Å². The van der Waals surface area contributed by atoms with Crippen LogP contribution in [0.15, 0.2) is 54.6 Å². The highest BCUT2D eigenvalue weighted by atomic mass is 16.6. The van der Waals surface area contributed by atoms with Crippen molar-refractivity contribution in [2.45, 2.75) is 13.0 Å². The third kappa shape index (κ3) is 3.18. The van der Waals surface area contributed by atoms with Gasteiger partial charge in [-0.15, -0.1) is 0 Å². The molecule has 1 aliphatic heterocycles. The minimum absolute atomic E-state index is 0.185. The summed E-state index contributed by atoms with van der Waals surface area (Å²) < 4.78 is 5.40. The number of rotatable bonds is 2. The van der Waals surface area contributed by atoms with Crippen LogP contribution in [0.4, 0.5) is 4.79 Å². The Bertz CT molecular complexity index is 715. The molecule has 118 valence electrons. The molecule has 0 spiro atoms. The Morgan fingerprint density at radius 3 is 2.57 bits per heavy atom. The summed E-state index contributed by atoms with van der Waals surface area (Å²) in [5, 5.41) is 2.82. The van der Waals surface area contributed by atoms with Crippen molar-refractivity contribution in [1.82, 2.24) is 10.2 Å². The fourth-order valence-corrected chi connectivity index (χ4v) is 2.71. The smallest absolute Gasteiger partial charge is 0.410 e. The lowest BCUT2D eigenvalue weighted by Crippen LogP contribution is -2.53. The lowest BCUT2D eigenvalue weighted by Gasteiger charge is -2.35. The van der Waals surface area contributed by atoms with E-state index in [1.165, 1.54) is 4.90 Å². The van der Waals surface area contributed by atoms with Crippen molar-refractivity contribution < 1.29 is 14.3 Å². The molecule has 23 heavy (non-hydrogen) atoms. The molecule has 1 unspecified atom stereocenters. The van der Waals surface area contributed by atoms with E-state index in [2.05, 4.69) is 5.32 Å². The summed E-state index contributed by atoms with van der Waals surface area (Å²) in [5.74, 6) is 0.280. The van der Waals surface area contributed by atoms with Crippen molar-refractivity contribution in [3.63, 3.8) is 0 Å². The van der Waals surface area contributed by atoms with Gasteiger partial charge in [0, 0.05) is 13.1 Å². The number of hydrogen-bond acceptors (Lipinski definition) is 3. The van der Waals surface area contributed by atoms with E-state index < -0.39 is 12.1 Å². The lowest BCUT2D eigenvalue weighted by molar-refractivity contribution is -0.128. The van der Waals surface area contributed by atoms with Gasteiger partial charge in [0.25, 0.3) is 0 Å². The summed E-state index contributed by atoms with van der Waals surface area (Å²) in [6, 6.07) is 15.8. The molecular weight excluding hydrogens is 292 g/mol. The Morgan fingerprint density at radius 1 is 1.13 bits per heavy atom. The van der Waals surface area contributed by atoms with Gasteiger partial charge >= 0.3 is 6.09 Å². The zero-order valence-electron chi connectivity index (χ0n) is 12.9. The van der Waals surface area contributed by atoms with Gasteiger partial charge < -0.3 is 10.1 Å². The van der Waals surface area contributed by atoms with Gasteiger partial charge in [-0.05, 0) is 30.2 Å². The molecule has 2 aromatic rings. The van der Waals surface area contributed by atoms with Crippen molar-refractivity contribution in [2.75, 3.05) is 13.1 Å². The van der Waals surface area contributed by atoms with Gasteiger partial charge in [-0.3, -0.25) is 9.69 Å². The number of amides is 2. The van der Waals surface area contributed by atoms with Gasteiger partial charge in [0.1, 0.15) is 11.8 Å². The van der Waals surface area contributed by atoms with Crippen LogP contribution in [0, 0.1) is 6.92 Å². The lowest BCUT2D eigenvalue weighted by atomic mass is 9.98. The molecule has 0 radical (unpaired) electrons. The molecule has 0 aromatic heterocycles. The quantitative estimate of drug-likeness (QED) is 0.928. The molecule has 1 saturated heterocycles. The Kier molecular flexibility index (Phi) is 4.28. The van der Waals surface area contributed by atoms with Crippen LogP contribution in [-0.4, -0.2) is 30.0 Å². The molecular formula is C18H18N2O3. The van der Waals surface area contributed by atoms with Gasteiger partial charge in [-0.25, -0.2) is 4.79 Å². The second-order valence-corrected chi connectivity index (χ2v) is 5.42. The van der Waals surface area contributed by atoms with Crippen LogP contribution in [0.5, 0.6) is 5.75 Å². The summed E-state index contributed by atoms with van der Waals surface area (Å²) in [6.45, 7) is 2.76. The van der Waals surface area contributed by atoms with Crippen molar-refractivity contribution >= 4 is 12.0 Å². The van der Waals surface area contributed by atoms with E-state index in [1.807, 2.05) is 37.3 Å². The van der Waals surface area contributed by atoms with E-state index in [1.54, 1.807) is 24.3 Å². The summed E-state index contributed by atoms with van der Waals surface area (Å²) in [4.78, 5) is 26.4. The van der Waals surface area contributed by atoms with Crippen LogP contribution < -0.4 is 10.1 Å². The molecule has 2 amide bonds. The third-order valence-electron chi connectivity index (χ3n) is 3.88. The molecule has 1 aliphatic rings. The molecule has 1 N–H and O–H groups in total. The number of aryl methyl sites for hydroxylation is 1. The van der Waals surface area contributed by atoms with E-state index in [9.17, 15) is 9.59 Å². The number of ether oxygens (including phenoxy) is 1. The third-order valence-corrected chi connectivity index (χ3v) is 3.88. The first-order valence-corrected chi connectivity index (χ1v) is 7.53. The maximum absolute atomic E-state index is 12.5. The number of hydrogen-bond donors (Lipinski definition) is 1. The highest BCUT2D eigenvalue weighted by molar-refractivity contribution is 5.88. The number of para-hydroxylation sites is 1. The Morgan fingerprint density at radius 2 is 1.83 bits per heavy atom. The fourth-order valence-electron chi connectivity index (χ4n) is 2.71. The predicted octanol–water partition coefficient (Wildman–Crippen LogP) is 2.67. The van der Waals surface area contributed by atoms with E-state index in [4.69, 9.17) is 4.74 Å². The van der Waals surface area contributed by atoms with E-state index >= 15 is 0 Å². The molecule has 1 fully saturated rings. The second kappa shape index (κ2) is 6.52. The van der Waals surface area contributed by atoms with Crippen LogP contribution in [0.1, 0.15) is 17.2 Å². The highest BCUT2D eigenvalue weighted by Crippen LogP contribution is 2.27. The van der Waals surface area contributed by atoms with Gasteiger partial charge in [0.15, 0.2) is 0 Å². The Labute approximate surface area is 134 Å². The largest absolute Gasteiger partial charge is 0.416 e. The molecule has 2 aromatic carbocycles. The molecule has 0 saturated carbocycles. The molecule has 1 atom stereocenters. The van der Waals surface area contributed by atoms with Crippen LogP contribution in [0.3, 0.4) is 0 Å². The summed E-state index contributed by atoms with van der Waals surface area (Å²) in [6.07, 6.45) is -0.515. The highest BCUT2D eigenvalue weighted by Gasteiger charge is 2.36. The maximum atomic E-state index is 12.5. The van der Waals surface area contributed by atoms with E-state index in [0.717, 1.165) is 11.1 Å². The topological polar surface area (TPSA) is 58.6 Å². The number of carbonyl (C=O) groups is 2. The van der Waals surface area contributed by atoms with Gasteiger partial charge in [0.05, 0.1) is 0 Å². The van der Waals surface area contributed by atoms with Gasteiger partial charge in [0.2, 0.25) is 5.91 Å². The molecule has 1 heterocycles. The summed E-state index contributed by atoms with van der Waals surface area (Å²) in [5.41, 5.74) is 1.78. The summed E-state index contributed by atoms with van der Waals surface area (Å²) in [7, 11) is 0. The maximum Gasteiger partial charge on any atom is 0.416 e. The number of nitrogens with zero attached hydrogens (tertiary/aromatic N) is 1. The van der Waals surface area contributed by atoms with Crippen LogP contribution in [-0.2, 0) is 4.79 Å². The number of piperazine rings is 1. The predicted molar refractivity (Wildman–Crippen MR) is 86.1 cm³/mol. The Balaban J connectivity index is 1.88. The van der Waals surface area contributed by atoms with Crippen LogP contribution in [0.2, 0.25) is 0 Å². The monoisotopic (exact) mass is 310 g/mol. The summed E-state index contributed by atoms with van der Waals surface area (Å²) >= 11 is 0. The van der Waals surface area contributed by atoms with Crippen LogP contribution >= 0.6 is 0 Å². The van der Waals surface area contributed by atoms with Crippen molar-refractivity contribution in [3.8, 4) is 5.75 Å². The minimum atomic E-state index is -0.666. The molecule has 3 rings (SSSR count). The average Bonchev–Trinajstić information content (AvgIpc) is 2.56. The van der Waals surface area contributed by atoms with Gasteiger partial charge in [-0.1, -0.05) is 42.5 Å². The average molecular weight is 310 g/mol. The first-order valence-electron chi connectivity index (χ1n) is 7.53. The van der Waals surface area contributed by atoms with E-state index in [0.29, 0.717) is 18.8 Å². The zero-order valence-corrected chi connectivity index (χ0v) is 12.9. The molecule has 0 aliphatic carbocycles. The zero-order chi connectivity index (χ0) is 16.2. The first-order chi connectivity index (χ1) is 11.2. The molecule has 5 nitrogen and oxygen atoms in total. The van der Waals surface area contributed by atoms with Crippen molar-refractivity contribution in [1.29, 1.82) is 0 Å².